The second kappa shape index (κ2) is 9.11. The second-order valence-corrected chi connectivity index (χ2v) is 9.11. The van der Waals surface area contributed by atoms with Gasteiger partial charge in [-0.1, -0.05) is 51.1 Å². The number of ether oxygens (including phenoxy) is 1. The fraction of sp³-hybridized carbons (Fsp3) is 0.500. The van der Waals surface area contributed by atoms with Gasteiger partial charge < -0.3 is 20.4 Å². The number of carbonyl (C=O) groups excluding carboxylic acids is 2. The molecule has 1 heterocycles. The van der Waals surface area contributed by atoms with E-state index in [0.29, 0.717) is 6.54 Å². The minimum Gasteiger partial charge on any atom is -0.444 e. The number of imidazole rings is 1. The summed E-state index contributed by atoms with van der Waals surface area (Å²) in [4.78, 5) is 32.7. The highest BCUT2D eigenvalue weighted by molar-refractivity contribution is 5.85. The van der Waals surface area contributed by atoms with Crippen LogP contribution >= 0.6 is 0 Å². The Morgan fingerprint density at radius 3 is 2.31 bits per heavy atom. The van der Waals surface area contributed by atoms with Gasteiger partial charge in [0.15, 0.2) is 0 Å². The van der Waals surface area contributed by atoms with E-state index in [9.17, 15) is 9.59 Å². The summed E-state index contributed by atoms with van der Waals surface area (Å²) >= 11 is 0. The van der Waals surface area contributed by atoms with E-state index in [0.717, 1.165) is 17.1 Å². The lowest BCUT2D eigenvalue weighted by atomic mass is 9.96. The summed E-state index contributed by atoms with van der Waals surface area (Å²) in [5.74, 6) is 0.542. The van der Waals surface area contributed by atoms with Gasteiger partial charge >= 0.3 is 6.09 Å². The molecule has 1 aromatic heterocycles. The fourth-order valence-corrected chi connectivity index (χ4v) is 2.63. The Hall–Kier alpha value is -2.83. The summed E-state index contributed by atoms with van der Waals surface area (Å²) in [6.07, 6.45) is 1.35. The van der Waals surface area contributed by atoms with Crippen LogP contribution in [0.5, 0.6) is 0 Å². The van der Waals surface area contributed by atoms with E-state index < -0.39 is 17.7 Å². The van der Waals surface area contributed by atoms with E-state index in [2.05, 4.69) is 41.4 Å². The van der Waals surface area contributed by atoms with Crippen molar-refractivity contribution >= 4 is 12.0 Å². The molecular weight excluding hydrogens is 368 g/mol. The Kier molecular flexibility index (Phi) is 7.06. The van der Waals surface area contributed by atoms with Gasteiger partial charge in [-0.15, -0.1) is 0 Å². The van der Waals surface area contributed by atoms with Crippen molar-refractivity contribution in [3.8, 4) is 0 Å². The number of alkyl carbamates (subject to hydrolysis) is 1. The van der Waals surface area contributed by atoms with E-state index in [4.69, 9.17) is 4.74 Å². The molecule has 0 fully saturated rings. The third-order valence-electron chi connectivity index (χ3n) is 4.08. The molecule has 0 aliphatic rings. The van der Waals surface area contributed by atoms with Crippen molar-refractivity contribution in [1.29, 1.82) is 0 Å². The maximum Gasteiger partial charge on any atom is 0.408 e. The highest BCUT2D eigenvalue weighted by atomic mass is 16.6. The van der Waals surface area contributed by atoms with E-state index in [-0.39, 0.29) is 17.7 Å². The lowest BCUT2D eigenvalue weighted by Crippen LogP contribution is -2.49. The summed E-state index contributed by atoms with van der Waals surface area (Å²) in [6, 6.07) is 8.82. The van der Waals surface area contributed by atoms with Crippen LogP contribution in [0.2, 0.25) is 0 Å². The zero-order valence-corrected chi connectivity index (χ0v) is 18.1. The van der Waals surface area contributed by atoms with Crippen molar-refractivity contribution in [3.63, 3.8) is 0 Å². The Balaban J connectivity index is 2.10. The minimum atomic E-state index is -0.790. The number of hydrogen-bond acceptors (Lipinski definition) is 4. The Labute approximate surface area is 172 Å². The average Bonchev–Trinajstić information content (AvgIpc) is 3.07. The molecule has 0 saturated heterocycles. The number of benzene rings is 1. The van der Waals surface area contributed by atoms with Crippen molar-refractivity contribution in [1.82, 2.24) is 20.6 Å². The summed E-state index contributed by atoms with van der Waals surface area (Å²) < 4.78 is 5.32. The smallest absolute Gasteiger partial charge is 0.408 e. The molecule has 7 nitrogen and oxygen atoms in total. The molecule has 29 heavy (non-hydrogen) atoms. The van der Waals surface area contributed by atoms with Crippen molar-refractivity contribution in [2.45, 2.75) is 71.6 Å². The van der Waals surface area contributed by atoms with Gasteiger partial charge in [0.25, 0.3) is 0 Å². The topological polar surface area (TPSA) is 96.1 Å². The molecule has 0 saturated carbocycles. The standard InChI is InChI=1S/C22H32N4O3/c1-21(2,3)19-24-14-16(25-19)12-17(26-20(28)29-22(4,5)6)18(27)23-13-15-10-8-7-9-11-15/h7-11,14,17H,12-13H2,1-6H3,(H,23,27)(H,24,25)(H,26,28)/t17-/m0/s1. The number of hydrogen-bond donors (Lipinski definition) is 3. The first-order chi connectivity index (χ1) is 13.4. The fourth-order valence-electron chi connectivity index (χ4n) is 2.63. The van der Waals surface area contributed by atoms with Crippen LogP contribution in [0.25, 0.3) is 0 Å². The Morgan fingerprint density at radius 1 is 1.10 bits per heavy atom. The molecule has 2 rings (SSSR count). The molecule has 1 atom stereocenters. The first-order valence-electron chi connectivity index (χ1n) is 9.79. The summed E-state index contributed by atoms with van der Waals surface area (Å²) in [5.41, 5.74) is 0.962. The van der Waals surface area contributed by atoms with E-state index in [1.54, 1.807) is 27.0 Å². The Morgan fingerprint density at radius 2 is 1.76 bits per heavy atom. The third-order valence-corrected chi connectivity index (χ3v) is 4.08. The predicted octanol–water partition coefficient (Wildman–Crippen LogP) is 3.46. The second-order valence-electron chi connectivity index (χ2n) is 9.11. The SMILES string of the molecule is CC(C)(C)OC(=O)N[C@@H](Cc1cnc(C(C)(C)C)[nH]1)C(=O)NCc1ccccc1. The molecule has 0 bridgehead atoms. The van der Waals surface area contributed by atoms with Crippen LogP contribution in [0, 0.1) is 0 Å². The van der Waals surface area contributed by atoms with Gasteiger partial charge in [-0.25, -0.2) is 9.78 Å². The lowest BCUT2D eigenvalue weighted by Gasteiger charge is -2.23. The molecule has 0 aliphatic heterocycles. The monoisotopic (exact) mass is 400 g/mol. The molecule has 0 unspecified atom stereocenters. The molecule has 2 aromatic rings. The number of carbonyl (C=O) groups is 2. The lowest BCUT2D eigenvalue weighted by molar-refractivity contribution is -0.123. The highest BCUT2D eigenvalue weighted by Crippen LogP contribution is 2.19. The van der Waals surface area contributed by atoms with Crippen LogP contribution < -0.4 is 10.6 Å². The van der Waals surface area contributed by atoms with Gasteiger partial charge in [0.05, 0.1) is 0 Å². The maximum atomic E-state index is 12.8. The van der Waals surface area contributed by atoms with Crippen LogP contribution in [0.15, 0.2) is 36.5 Å². The zero-order chi connectivity index (χ0) is 21.7. The van der Waals surface area contributed by atoms with Gasteiger partial charge in [0.1, 0.15) is 17.5 Å². The zero-order valence-electron chi connectivity index (χ0n) is 18.1. The van der Waals surface area contributed by atoms with Gasteiger partial charge in [-0.3, -0.25) is 4.79 Å². The third kappa shape index (κ3) is 7.60. The van der Waals surface area contributed by atoms with Crippen LogP contribution in [0.4, 0.5) is 4.79 Å². The molecule has 0 spiro atoms. The van der Waals surface area contributed by atoms with E-state index in [1.165, 1.54) is 0 Å². The van der Waals surface area contributed by atoms with Gasteiger partial charge in [0.2, 0.25) is 5.91 Å². The predicted molar refractivity (Wildman–Crippen MR) is 112 cm³/mol. The molecule has 7 heteroatoms. The molecule has 1 aromatic carbocycles. The average molecular weight is 401 g/mol. The largest absolute Gasteiger partial charge is 0.444 e. The van der Waals surface area contributed by atoms with Crippen LogP contribution in [-0.2, 0) is 27.9 Å². The van der Waals surface area contributed by atoms with E-state index in [1.807, 2.05) is 30.3 Å². The van der Waals surface area contributed by atoms with Crippen molar-refractivity contribution < 1.29 is 14.3 Å². The number of rotatable bonds is 6. The number of H-pyrrole nitrogens is 1. The quantitative estimate of drug-likeness (QED) is 0.692. The normalized spacial score (nSPS) is 12.9. The molecule has 3 N–H and O–H groups in total. The number of nitrogens with one attached hydrogen (secondary N) is 3. The molecular formula is C22H32N4O3. The molecule has 0 radical (unpaired) electrons. The first kappa shape index (κ1) is 22.5. The maximum absolute atomic E-state index is 12.8. The van der Waals surface area contributed by atoms with Gasteiger partial charge in [0, 0.05) is 30.3 Å². The van der Waals surface area contributed by atoms with Crippen LogP contribution in [0.3, 0.4) is 0 Å². The van der Waals surface area contributed by atoms with Crippen molar-refractivity contribution in [2.75, 3.05) is 0 Å². The Bertz CT molecular complexity index is 817. The van der Waals surface area contributed by atoms with Crippen LogP contribution in [-0.4, -0.2) is 33.6 Å². The van der Waals surface area contributed by atoms with Crippen molar-refractivity contribution in [3.05, 3.63) is 53.6 Å². The van der Waals surface area contributed by atoms with Gasteiger partial charge in [-0.05, 0) is 26.3 Å². The molecule has 2 amide bonds. The molecule has 158 valence electrons. The van der Waals surface area contributed by atoms with Crippen LogP contribution in [0.1, 0.15) is 58.6 Å². The van der Waals surface area contributed by atoms with Crippen molar-refractivity contribution in [2.24, 2.45) is 0 Å². The first-order valence-corrected chi connectivity index (χ1v) is 9.79. The summed E-state index contributed by atoms with van der Waals surface area (Å²) in [5, 5.41) is 5.57. The van der Waals surface area contributed by atoms with Gasteiger partial charge in [-0.2, -0.15) is 0 Å². The summed E-state index contributed by atoms with van der Waals surface area (Å²) in [6.45, 7) is 11.9. The number of nitrogens with zero attached hydrogens (tertiary/aromatic N) is 1. The number of amides is 2. The minimum absolute atomic E-state index is 0.137. The number of aromatic nitrogens is 2. The summed E-state index contributed by atoms with van der Waals surface area (Å²) in [7, 11) is 0. The number of aromatic amines is 1. The molecule has 0 aliphatic carbocycles. The highest BCUT2D eigenvalue weighted by Gasteiger charge is 2.26. The van der Waals surface area contributed by atoms with E-state index >= 15 is 0 Å².